The van der Waals surface area contributed by atoms with E-state index in [-0.39, 0.29) is 16.7 Å². The van der Waals surface area contributed by atoms with Crippen LogP contribution in [0.2, 0.25) is 5.02 Å². The summed E-state index contributed by atoms with van der Waals surface area (Å²) in [6, 6.07) is 9.57. The van der Waals surface area contributed by atoms with Gasteiger partial charge in [0.15, 0.2) is 0 Å². The van der Waals surface area contributed by atoms with Crippen LogP contribution in [0.15, 0.2) is 40.6 Å². The van der Waals surface area contributed by atoms with Gasteiger partial charge in [-0.2, -0.15) is 0 Å². The van der Waals surface area contributed by atoms with Crippen LogP contribution in [0.5, 0.6) is 0 Å². The molecule has 2 aromatic rings. The van der Waals surface area contributed by atoms with Gasteiger partial charge in [-0.25, -0.2) is 13.1 Å². The molecule has 1 heterocycles. The number of carbonyl (C=O) groups is 1. The topological polar surface area (TPSA) is 83.5 Å². The van der Waals surface area contributed by atoms with Gasteiger partial charge in [-0.15, -0.1) is 11.3 Å². The minimum Gasteiger partial charge on any atom is -0.481 e. The molecule has 0 spiro atoms. The highest BCUT2D eigenvalue weighted by molar-refractivity contribution is 7.91. The lowest BCUT2D eigenvalue weighted by atomic mass is 10.1. The monoisotopic (exact) mass is 373 g/mol. The van der Waals surface area contributed by atoms with Gasteiger partial charge < -0.3 is 5.11 Å². The molecular formula is C15H16ClNO4S2. The Morgan fingerprint density at radius 1 is 1.26 bits per heavy atom. The van der Waals surface area contributed by atoms with E-state index in [2.05, 4.69) is 4.72 Å². The number of sulfonamides is 1. The summed E-state index contributed by atoms with van der Waals surface area (Å²) in [6.45, 7) is 1.88. The number of nitrogens with one attached hydrogen (secondary N) is 1. The highest BCUT2D eigenvalue weighted by atomic mass is 35.5. The van der Waals surface area contributed by atoms with E-state index in [0.29, 0.717) is 16.3 Å². The second-order valence-electron chi connectivity index (χ2n) is 4.92. The Kier molecular flexibility index (Phi) is 5.80. The lowest BCUT2D eigenvalue weighted by Crippen LogP contribution is -2.27. The molecule has 1 aromatic carbocycles. The molecular weight excluding hydrogens is 358 g/mol. The first-order valence-corrected chi connectivity index (χ1v) is 9.58. The molecule has 1 aromatic heterocycles. The summed E-state index contributed by atoms with van der Waals surface area (Å²) in [5, 5.41) is 9.35. The minimum atomic E-state index is -3.70. The van der Waals surface area contributed by atoms with E-state index in [1.165, 1.54) is 12.1 Å². The van der Waals surface area contributed by atoms with Gasteiger partial charge in [0.25, 0.3) is 10.0 Å². The van der Waals surface area contributed by atoms with Crippen molar-refractivity contribution in [3.8, 4) is 0 Å². The SMILES string of the molecule is CCC(NS(=O)(=O)c1ccc(CC(=O)O)s1)c1ccc(Cl)cc1. The smallest absolute Gasteiger partial charge is 0.308 e. The predicted octanol–water partition coefficient (Wildman–Crippen LogP) is 3.46. The predicted molar refractivity (Wildman–Crippen MR) is 90.5 cm³/mol. The molecule has 1 unspecified atom stereocenters. The number of benzene rings is 1. The van der Waals surface area contributed by atoms with Gasteiger partial charge in [-0.05, 0) is 36.2 Å². The summed E-state index contributed by atoms with van der Waals surface area (Å²) in [7, 11) is -3.70. The number of rotatable bonds is 7. The van der Waals surface area contributed by atoms with Crippen LogP contribution < -0.4 is 4.72 Å². The fourth-order valence-electron chi connectivity index (χ4n) is 2.07. The molecule has 2 rings (SSSR count). The maximum atomic E-state index is 12.5. The molecule has 8 heteroatoms. The summed E-state index contributed by atoms with van der Waals surface area (Å²) >= 11 is 6.81. The van der Waals surface area contributed by atoms with Gasteiger partial charge in [0.1, 0.15) is 4.21 Å². The maximum absolute atomic E-state index is 12.5. The highest BCUT2D eigenvalue weighted by Crippen LogP contribution is 2.26. The number of aliphatic carboxylic acids is 1. The van der Waals surface area contributed by atoms with Gasteiger partial charge in [0, 0.05) is 15.9 Å². The van der Waals surface area contributed by atoms with E-state index in [4.69, 9.17) is 16.7 Å². The van der Waals surface area contributed by atoms with Crippen molar-refractivity contribution in [3.63, 3.8) is 0 Å². The summed E-state index contributed by atoms with van der Waals surface area (Å²) in [6.07, 6.45) is 0.392. The summed E-state index contributed by atoms with van der Waals surface area (Å²) in [5.41, 5.74) is 0.822. The number of carboxylic acids is 1. The van der Waals surface area contributed by atoms with Gasteiger partial charge in [0.2, 0.25) is 0 Å². The molecule has 1 atom stereocenters. The molecule has 124 valence electrons. The van der Waals surface area contributed by atoms with Crippen LogP contribution in [0.25, 0.3) is 0 Å². The molecule has 0 bridgehead atoms. The molecule has 0 aliphatic carbocycles. The molecule has 0 aliphatic heterocycles. The van der Waals surface area contributed by atoms with E-state index in [1.807, 2.05) is 6.92 Å². The number of hydrogen-bond donors (Lipinski definition) is 2. The zero-order valence-electron chi connectivity index (χ0n) is 12.3. The quantitative estimate of drug-likeness (QED) is 0.778. The lowest BCUT2D eigenvalue weighted by Gasteiger charge is -2.17. The second-order valence-corrected chi connectivity index (χ2v) is 8.47. The van der Waals surface area contributed by atoms with E-state index < -0.39 is 16.0 Å². The summed E-state index contributed by atoms with van der Waals surface area (Å²) < 4.78 is 27.7. The minimum absolute atomic E-state index is 0.112. The molecule has 0 saturated carbocycles. The van der Waals surface area contributed by atoms with E-state index in [1.54, 1.807) is 24.3 Å². The number of hydrogen-bond acceptors (Lipinski definition) is 4. The Labute approximate surface area is 144 Å². The highest BCUT2D eigenvalue weighted by Gasteiger charge is 2.22. The fourth-order valence-corrected chi connectivity index (χ4v) is 4.87. The fraction of sp³-hybridized carbons (Fsp3) is 0.267. The van der Waals surface area contributed by atoms with Crippen molar-refractivity contribution in [2.75, 3.05) is 0 Å². The molecule has 5 nitrogen and oxygen atoms in total. The van der Waals surface area contributed by atoms with Gasteiger partial charge in [0.05, 0.1) is 6.42 Å². The van der Waals surface area contributed by atoms with Crippen LogP contribution in [0.3, 0.4) is 0 Å². The Morgan fingerprint density at radius 3 is 2.48 bits per heavy atom. The number of carboxylic acid groups (broad SMARTS) is 1. The normalized spacial score (nSPS) is 13.0. The van der Waals surface area contributed by atoms with Crippen LogP contribution in [0, 0.1) is 0 Å². The zero-order chi connectivity index (χ0) is 17.0. The van der Waals surface area contributed by atoms with E-state index >= 15 is 0 Å². The van der Waals surface area contributed by atoms with Crippen LogP contribution >= 0.6 is 22.9 Å². The average molecular weight is 374 g/mol. The maximum Gasteiger partial charge on any atom is 0.308 e. The molecule has 2 N–H and O–H groups in total. The van der Waals surface area contributed by atoms with Crippen LogP contribution in [0.4, 0.5) is 0 Å². The Bertz CT molecular complexity index is 784. The van der Waals surface area contributed by atoms with E-state index in [9.17, 15) is 13.2 Å². The molecule has 0 aliphatic rings. The van der Waals surface area contributed by atoms with Crippen molar-refractivity contribution in [2.24, 2.45) is 0 Å². The van der Waals surface area contributed by atoms with Gasteiger partial charge in [-0.3, -0.25) is 4.79 Å². The third-order valence-electron chi connectivity index (χ3n) is 3.21. The van der Waals surface area contributed by atoms with Crippen molar-refractivity contribution >= 4 is 38.9 Å². The Balaban J connectivity index is 2.20. The van der Waals surface area contributed by atoms with E-state index in [0.717, 1.165) is 16.9 Å². The molecule has 0 saturated heterocycles. The Hall–Kier alpha value is -1.41. The third kappa shape index (κ3) is 4.78. The van der Waals surface area contributed by atoms with Gasteiger partial charge in [-0.1, -0.05) is 30.7 Å². The lowest BCUT2D eigenvalue weighted by molar-refractivity contribution is -0.136. The first-order valence-electron chi connectivity index (χ1n) is 6.90. The second kappa shape index (κ2) is 7.44. The van der Waals surface area contributed by atoms with Gasteiger partial charge >= 0.3 is 5.97 Å². The summed E-state index contributed by atoms with van der Waals surface area (Å²) in [5.74, 6) is -0.989. The van der Waals surface area contributed by atoms with Crippen molar-refractivity contribution in [3.05, 3.63) is 51.9 Å². The third-order valence-corrected chi connectivity index (χ3v) is 6.51. The average Bonchev–Trinajstić information content (AvgIpc) is 2.94. The zero-order valence-corrected chi connectivity index (χ0v) is 14.7. The van der Waals surface area contributed by atoms with Crippen LogP contribution in [-0.2, 0) is 21.2 Å². The molecule has 0 radical (unpaired) electrons. The van der Waals surface area contributed by atoms with Crippen molar-refractivity contribution in [1.29, 1.82) is 0 Å². The molecule has 23 heavy (non-hydrogen) atoms. The first-order chi connectivity index (χ1) is 10.8. The first kappa shape index (κ1) is 17.9. The van der Waals surface area contributed by atoms with Crippen LogP contribution in [-0.4, -0.2) is 19.5 Å². The standard InChI is InChI=1S/C15H16ClNO4S2/c1-2-13(10-3-5-11(16)6-4-10)17-23(20,21)15-8-7-12(22-15)9-14(18)19/h3-8,13,17H,2,9H2,1H3,(H,18,19). The van der Waals surface area contributed by atoms with Crippen molar-refractivity contribution in [2.45, 2.75) is 30.0 Å². The summed E-state index contributed by atoms with van der Waals surface area (Å²) in [4.78, 5) is 11.2. The van der Waals surface area contributed by atoms with Crippen molar-refractivity contribution in [1.82, 2.24) is 4.72 Å². The van der Waals surface area contributed by atoms with Crippen molar-refractivity contribution < 1.29 is 18.3 Å². The largest absolute Gasteiger partial charge is 0.481 e. The Morgan fingerprint density at radius 2 is 1.91 bits per heavy atom. The van der Waals surface area contributed by atoms with Crippen LogP contribution in [0.1, 0.15) is 29.8 Å². The molecule has 0 amide bonds. The number of thiophene rings is 1. The molecule has 0 fully saturated rings. The number of halogens is 1.